The van der Waals surface area contributed by atoms with Crippen molar-refractivity contribution in [1.29, 1.82) is 0 Å². The number of aromatic nitrogens is 6. The largest absolute Gasteiger partial charge is 0.321 e. The molecule has 0 saturated heterocycles. The number of carbonyl (C=O) groups is 1. The third kappa shape index (κ3) is 4.23. The number of rotatable bonds is 9. The van der Waals surface area contributed by atoms with Crippen LogP contribution in [0.1, 0.15) is 67.1 Å². The summed E-state index contributed by atoms with van der Waals surface area (Å²) in [4.78, 5) is 16.8. The standard InChI is InChI=1S/C25H28N6O/c1-4-8-23-26-24(17(3)5-2)22(16-32)31(23)15-18-11-13-19(14-12-18)20-9-6-7-10-21(20)25-27-29-30-28-25/h6-7,9-14,16-17H,4-5,8,15H2,1-3H3,(H,27,28,29,30). The molecule has 2 aromatic carbocycles. The van der Waals surface area contributed by atoms with Crippen molar-refractivity contribution in [2.75, 3.05) is 0 Å². The number of tetrazole rings is 1. The molecule has 2 aromatic heterocycles. The van der Waals surface area contributed by atoms with E-state index in [1.165, 1.54) is 0 Å². The van der Waals surface area contributed by atoms with Gasteiger partial charge < -0.3 is 4.57 Å². The number of aromatic amines is 1. The minimum Gasteiger partial charge on any atom is -0.321 e. The molecule has 0 aliphatic heterocycles. The van der Waals surface area contributed by atoms with Crippen LogP contribution in [0.3, 0.4) is 0 Å². The first kappa shape index (κ1) is 21.6. The average molecular weight is 429 g/mol. The Morgan fingerprint density at radius 3 is 2.44 bits per heavy atom. The van der Waals surface area contributed by atoms with Crippen molar-refractivity contribution in [2.45, 2.75) is 52.5 Å². The van der Waals surface area contributed by atoms with Gasteiger partial charge in [-0.05, 0) is 34.7 Å². The summed E-state index contributed by atoms with van der Waals surface area (Å²) in [6.07, 6.45) is 3.76. The number of imidazole rings is 1. The summed E-state index contributed by atoms with van der Waals surface area (Å²) in [5, 5.41) is 14.4. The average Bonchev–Trinajstić information content (AvgIpc) is 3.48. The number of aryl methyl sites for hydroxylation is 1. The molecule has 164 valence electrons. The van der Waals surface area contributed by atoms with Gasteiger partial charge in [-0.25, -0.2) is 4.98 Å². The summed E-state index contributed by atoms with van der Waals surface area (Å²) in [5.41, 5.74) is 5.78. The van der Waals surface area contributed by atoms with Crippen LogP contribution in [-0.2, 0) is 13.0 Å². The van der Waals surface area contributed by atoms with Crippen LogP contribution in [0, 0.1) is 0 Å². The molecule has 0 aliphatic carbocycles. The van der Waals surface area contributed by atoms with E-state index in [0.29, 0.717) is 18.1 Å². The van der Waals surface area contributed by atoms with E-state index in [9.17, 15) is 4.79 Å². The molecular weight excluding hydrogens is 400 g/mol. The lowest BCUT2D eigenvalue weighted by molar-refractivity contribution is 0.111. The Bertz CT molecular complexity index is 1180. The number of hydrogen-bond donors (Lipinski definition) is 1. The zero-order valence-corrected chi connectivity index (χ0v) is 18.7. The molecule has 2 heterocycles. The summed E-state index contributed by atoms with van der Waals surface area (Å²) >= 11 is 0. The maximum Gasteiger partial charge on any atom is 0.205 e. The van der Waals surface area contributed by atoms with Crippen molar-refractivity contribution in [3.63, 3.8) is 0 Å². The molecule has 7 heteroatoms. The van der Waals surface area contributed by atoms with Gasteiger partial charge in [0.1, 0.15) is 11.5 Å². The molecule has 7 nitrogen and oxygen atoms in total. The fraction of sp³-hybridized carbons (Fsp3) is 0.320. The lowest BCUT2D eigenvalue weighted by Gasteiger charge is -2.12. The van der Waals surface area contributed by atoms with Gasteiger partial charge in [-0.2, -0.15) is 5.21 Å². The summed E-state index contributed by atoms with van der Waals surface area (Å²) in [6.45, 7) is 7.02. The van der Waals surface area contributed by atoms with Crippen LogP contribution >= 0.6 is 0 Å². The normalized spacial score (nSPS) is 12.1. The zero-order valence-electron chi connectivity index (χ0n) is 18.7. The van der Waals surface area contributed by atoms with Crippen molar-refractivity contribution in [1.82, 2.24) is 30.2 Å². The number of nitrogens with one attached hydrogen (secondary N) is 1. The first-order chi connectivity index (χ1) is 15.7. The van der Waals surface area contributed by atoms with Crippen LogP contribution in [0.2, 0.25) is 0 Å². The number of hydrogen-bond acceptors (Lipinski definition) is 5. The van der Waals surface area contributed by atoms with Gasteiger partial charge in [-0.1, -0.05) is 69.3 Å². The monoisotopic (exact) mass is 428 g/mol. The molecule has 1 unspecified atom stereocenters. The number of carbonyl (C=O) groups excluding carboxylic acids is 1. The Kier molecular flexibility index (Phi) is 6.54. The van der Waals surface area contributed by atoms with E-state index in [4.69, 9.17) is 4.98 Å². The van der Waals surface area contributed by atoms with Crippen LogP contribution < -0.4 is 0 Å². The first-order valence-electron chi connectivity index (χ1n) is 11.1. The number of aldehydes is 1. The van der Waals surface area contributed by atoms with Gasteiger partial charge in [0.15, 0.2) is 6.29 Å². The number of benzene rings is 2. The molecule has 32 heavy (non-hydrogen) atoms. The van der Waals surface area contributed by atoms with Crippen LogP contribution in [0.5, 0.6) is 0 Å². The molecule has 4 aromatic rings. The molecular formula is C25H28N6O. The van der Waals surface area contributed by atoms with E-state index in [1.54, 1.807) is 0 Å². The second-order valence-electron chi connectivity index (χ2n) is 8.04. The van der Waals surface area contributed by atoms with E-state index in [1.807, 2.05) is 18.2 Å². The molecule has 0 aliphatic rings. The summed E-state index contributed by atoms with van der Waals surface area (Å²) in [5.74, 6) is 1.81. The van der Waals surface area contributed by atoms with Gasteiger partial charge in [-0.15, -0.1) is 10.2 Å². The van der Waals surface area contributed by atoms with E-state index < -0.39 is 0 Å². The van der Waals surface area contributed by atoms with E-state index in [0.717, 1.165) is 59.3 Å². The highest BCUT2D eigenvalue weighted by Gasteiger charge is 2.20. The van der Waals surface area contributed by atoms with Gasteiger partial charge in [0.25, 0.3) is 0 Å². The van der Waals surface area contributed by atoms with Crippen LogP contribution in [-0.4, -0.2) is 36.5 Å². The SMILES string of the molecule is CCCc1nc(C(C)CC)c(C=O)n1Cc1ccc(-c2ccccc2-c2nn[nH]n2)cc1. The second-order valence-corrected chi connectivity index (χ2v) is 8.04. The molecule has 0 bridgehead atoms. The number of H-pyrrole nitrogens is 1. The Balaban J connectivity index is 1.66. The predicted octanol–water partition coefficient (Wildman–Crippen LogP) is 5.06. The predicted molar refractivity (Wildman–Crippen MR) is 124 cm³/mol. The molecule has 0 amide bonds. The highest BCUT2D eigenvalue weighted by atomic mass is 16.1. The summed E-state index contributed by atoms with van der Waals surface area (Å²) in [6, 6.07) is 16.4. The van der Waals surface area contributed by atoms with Crippen LogP contribution in [0.15, 0.2) is 48.5 Å². The van der Waals surface area contributed by atoms with Gasteiger partial charge in [0, 0.05) is 24.4 Å². The highest BCUT2D eigenvalue weighted by Crippen LogP contribution is 2.30. The highest BCUT2D eigenvalue weighted by molar-refractivity contribution is 5.80. The summed E-state index contributed by atoms with van der Waals surface area (Å²) < 4.78 is 2.08. The Hall–Kier alpha value is -3.61. The molecule has 0 saturated carbocycles. The van der Waals surface area contributed by atoms with Crippen molar-refractivity contribution in [3.05, 3.63) is 71.3 Å². The minimum atomic E-state index is 0.260. The van der Waals surface area contributed by atoms with Gasteiger partial charge in [0.05, 0.1) is 5.69 Å². The number of nitrogens with zero attached hydrogens (tertiary/aromatic N) is 5. The van der Waals surface area contributed by atoms with E-state index in [2.05, 4.69) is 76.3 Å². The fourth-order valence-corrected chi connectivity index (χ4v) is 3.98. The van der Waals surface area contributed by atoms with E-state index in [-0.39, 0.29) is 5.92 Å². The molecule has 1 N–H and O–H groups in total. The Morgan fingerprint density at radius 1 is 1.06 bits per heavy atom. The van der Waals surface area contributed by atoms with Crippen molar-refractivity contribution in [2.24, 2.45) is 0 Å². The topological polar surface area (TPSA) is 89.4 Å². The first-order valence-corrected chi connectivity index (χ1v) is 11.1. The van der Waals surface area contributed by atoms with Gasteiger partial charge >= 0.3 is 0 Å². The van der Waals surface area contributed by atoms with Crippen molar-refractivity contribution >= 4 is 6.29 Å². The molecule has 0 radical (unpaired) electrons. The van der Waals surface area contributed by atoms with Crippen molar-refractivity contribution in [3.8, 4) is 22.5 Å². The third-order valence-corrected chi connectivity index (χ3v) is 5.90. The van der Waals surface area contributed by atoms with Gasteiger partial charge in [0.2, 0.25) is 5.82 Å². The second kappa shape index (κ2) is 9.68. The quantitative estimate of drug-likeness (QED) is 0.377. The zero-order chi connectivity index (χ0) is 22.5. The van der Waals surface area contributed by atoms with Crippen LogP contribution in [0.25, 0.3) is 22.5 Å². The van der Waals surface area contributed by atoms with E-state index >= 15 is 0 Å². The fourth-order valence-electron chi connectivity index (χ4n) is 3.98. The van der Waals surface area contributed by atoms with Crippen molar-refractivity contribution < 1.29 is 4.79 Å². The molecule has 0 fully saturated rings. The molecule has 0 spiro atoms. The van der Waals surface area contributed by atoms with Gasteiger partial charge in [-0.3, -0.25) is 4.79 Å². The van der Waals surface area contributed by atoms with Crippen LogP contribution in [0.4, 0.5) is 0 Å². The Labute approximate surface area is 187 Å². The summed E-state index contributed by atoms with van der Waals surface area (Å²) in [7, 11) is 0. The molecule has 1 atom stereocenters. The lowest BCUT2D eigenvalue weighted by Crippen LogP contribution is -2.09. The lowest BCUT2D eigenvalue weighted by atomic mass is 9.98. The smallest absolute Gasteiger partial charge is 0.205 e. The maximum atomic E-state index is 12.0. The molecule has 4 rings (SSSR count). The third-order valence-electron chi connectivity index (χ3n) is 5.90. The Morgan fingerprint density at radius 2 is 1.81 bits per heavy atom. The maximum absolute atomic E-state index is 12.0. The minimum absolute atomic E-state index is 0.260.